The summed E-state index contributed by atoms with van der Waals surface area (Å²) in [6, 6.07) is 25.5. The van der Waals surface area contributed by atoms with E-state index in [-0.39, 0.29) is 12.1 Å². The standard InChI is InChI=1S/C27H31N3O/c1-20-13-14-21(2)24(19-20)26(23-10-5-4-6-11-23)29-15-17-30(18-16-29)27(31)28-25-12-8-7-9-22(25)3/h4-14,19,26H,15-18H2,1-3H3,(H,28,31). The minimum atomic E-state index is -0.0167. The molecule has 1 N–H and O–H groups in total. The van der Waals surface area contributed by atoms with Crippen molar-refractivity contribution in [2.75, 3.05) is 31.5 Å². The number of para-hydroxylation sites is 1. The van der Waals surface area contributed by atoms with Crippen LogP contribution in [0.2, 0.25) is 0 Å². The molecule has 4 nitrogen and oxygen atoms in total. The molecule has 1 fully saturated rings. The maximum Gasteiger partial charge on any atom is 0.321 e. The van der Waals surface area contributed by atoms with Crippen LogP contribution in [0.1, 0.15) is 33.9 Å². The minimum absolute atomic E-state index is 0.0167. The number of rotatable bonds is 4. The summed E-state index contributed by atoms with van der Waals surface area (Å²) in [4.78, 5) is 17.3. The molecule has 0 spiro atoms. The zero-order valence-corrected chi connectivity index (χ0v) is 18.6. The SMILES string of the molecule is Cc1ccc(C)c(C(c2ccccc2)N2CCN(C(=O)Nc3ccccc3C)CC2)c1. The van der Waals surface area contributed by atoms with Crippen LogP contribution in [0.5, 0.6) is 0 Å². The summed E-state index contributed by atoms with van der Waals surface area (Å²) < 4.78 is 0. The third-order valence-corrected chi connectivity index (χ3v) is 6.20. The molecular formula is C27H31N3O. The fourth-order valence-electron chi connectivity index (χ4n) is 4.37. The molecule has 0 saturated carbocycles. The average molecular weight is 414 g/mol. The summed E-state index contributed by atoms with van der Waals surface area (Å²) in [5.41, 5.74) is 7.19. The molecule has 1 aliphatic rings. The Morgan fingerprint density at radius 1 is 0.806 bits per heavy atom. The van der Waals surface area contributed by atoms with Gasteiger partial charge in [-0.15, -0.1) is 0 Å². The van der Waals surface area contributed by atoms with E-state index in [1.165, 1.54) is 22.3 Å². The molecule has 1 unspecified atom stereocenters. The van der Waals surface area contributed by atoms with E-state index < -0.39 is 0 Å². The van der Waals surface area contributed by atoms with Crippen molar-refractivity contribution in [1.82, 2.24) is 9.80 Å². The molecule has 0 bridgehead atoms. The first-order valence-corrected chi connectivity index (χ1v) is 11.0. The number of hydrogen-bond donors (Lipinski definition) is 1. The van der Waals surface area contributed by atoms with Gasteiger partial charge in [-0.05, 0) is 49.1 Å². The number of carbonyl (C=O) groups excluding carboxylic acids is 1. The molecule has 1 saturated heterocycles. The highest BCUT2D eigenvalue weighted by molar-refractivity contribution is 5.90. The molecule has 2 amide bonds. The van der Waals surface area contributed by atoms with E-state index in [1.54, 1.807) is 0 Å². The molecule has 3 aromatic rings. The first-order chi connectivity index (χ1) is 15.0. The largest absolute Gasteiger partial charge is 0.322 e. The monoisotopic (exact) mass is 413 g/mol. The predicted octanol–water partition coefficient (Wildman–Crippen LogP) is 5.55. The van der Waals surface area contributed by atoms with E-state index in [1.807, 2.05) is 36.1 Å². The second kappa shape index (κ2) is 9.36. The Labute approximate surface area is 185 Å². The quantitative estimate of drug-likeness (QED) is 0.609. The van der Waals surface area contributed by atoms with Crippen LogP contribution in [0.15, 0.2) is 72.8 Å². The number of benzene rings is 3. The van der Waals surface area contributed by atoms with Gasteiger partial charge in [0.1, 0.15) is 0 Å². The van der Waals surface area contributed by atoms with E-state index in [0.717, 1.165) is 24.3 Å². The zero-order valence-electron chi connectivity index (χ0n) is 18.6. The van der Waals surface area contributed by atoms with E-state index in [9.17, 15) is 4.79 Å². The third-order valence-electron chi connectivity index (χ3n) is 6.20. The molecule has 0 aromatic heterocycles. The van der Waals surface area contributed by atoms with Gasteiger partial charge in [-0.25, -0.2) is 4.79 Å². The van der Waals surface area contributed by atoms with Gasteiger partial charge < -0.3 is 10.2 Å². The second-order valence-corrected chi connectivity index (χ2v) is 8.44. The van der Waals surface area contributed by atoms with Crippen molar-refractivity contribution in [3.05, 3.63) is 101 Å². The number of aryl methyl sites for hydroxylation is 3. The minimum Gasteiger partial charge on any atom is -0.322 e. The van der Waals surface area contributed by atoms with Crippen molar-refractivity contribution < 1.29 is 4.79 Å². The lowest BCUT2D eigenvalue weighted by molar-refractivity contribution is 0.126. The van der Waals surface area contributed by atoms with Crippen LogP contribution in [-0.2, 0) is 0 Å². The molecule has 1 atom stereocenters. The van der Waals surface area contributed by atoms with Gasteiger partial charge in [-0.2, -0.15) is 0 Å². The molecule has 4 rings (SSSR count). The number of urea groups is 1. The highest BCUT2D eigenvalue weighted by Gasteiger charge is 2.29. The van der Waals surface area contributed by atoms with Crippen molar-refractivity contribution in [2.24, 2.45) is 0 Å². The van der Waals surface area contributed by atoms with Crippen LogP contribution >= 0.6 is 0 Å². The number of hydrogen-bond acceptors (Lipinski definition) is 2. The average Bonchev–Trinajstić information content (AvgIpc) is 2.79. The topological polar surface area (TPSA) is 35.6 Å². The van der Waals surface area contributed by atoms with Crippen LogP contribution < -0.4 is 5.32 Å². The van der Waals surface area contributed by atoms with Crippen molar-refractivity contribution in [1.29, 1.82) is 0 Å². The van der Waals surface area contributed by atoms with Gasteiger partial charge in [0.05, 0.1) is 6.04 Å². The van der Waals surface area contributed by atoms with E-state index in [0.29, 0.717) is 13.1 Å². The number of piperazine rings is 1. The lowest BCUT2D eigenvalue weighted by atomic mass is 9.92. The third kappa shape index (κ3) is 4.80. The Hall–Kier alpha value is -3.11. The van der Waals surface area contributed by atoms with Gasteiger partial charge in [0.2, 0.25) is 0 Å². The maximum absolute atomic E-state index is 12.8. The number of nitrogens with one attached hydrogen (secondary N) is 1. The summed E-state index contributed by atoms with van der Waals surface area (Å²) in [7, 11) is 0. The summed E-state index contributed by atoms with van der Waals surface area (Å²) in [6.07, 6.45) is 0. The summed E-state index contributed by atoms with van der Waals surface area (Å²) in [5.74, 6) is 0. The Kier molecular flexibility index (Phi) is 6.38. The summed E-state index contributed by atoms with van der Waals surface area (Å²) in [5, 5.41) is 3.07. The first-order valence-electron chi connectivity index (χ1n) is 11.0. The molecule has 1 heterocycles. The molecule has 0 radical (unpaired) electrons. The van der Waals surface area contributed by atoms with Gasteiger partial charge in [-0.3, -0.25) is 4.90 Å². The number of amides is 2. The highest BCUT2D eigenvalue weighted by Crippen LogP contribution is 2.32. The Morgan fingerprint density at radius 2 is 1.48 bits per heavy atom. The van der Waals surface area contributed by atoms with Crippen molar-refractivity contribution in [2.45, 2.75) is 26.8 Å². The molecule has 3 aromatic carbocycles. The fraction of sp³-hybridized carbons (Fsp3) is 0.296. The van der Waals surface area contributed by atoms with Crippen LogP contribution in [0, 0.1) is 20.8 Å². The van der Waals surface area contributed by atoms with Crippen LogP contribution in [-0.4, -0.2) is 42.0 Å². The zero-order chi connectivity index (χ0) is 21.8. The van der Waals surface area contributed by atoms with Gasteiger partial charge in [0.15, 0.2) is 0 Å². The Balaban J connectivity index is 1.51. The highest BCUT2D eigenvalue weighted by atomic mass is 16.2. The number of nitrogens with zero attached hydrogens (tertiary/aromatic N) is 2. The van der Waals surface area contributed by atoms with E-state index in [2.05, 4.69) is 72.6 Å². The van der Waals surface area contributed by atoms with E-state index >= 15 is 0 Å². The predicted molar refractivity (Wildman–Crippen MR) is 128 cm³/mol. The maximum atomic E-state index is 12.8. The second-order valence-electron chi connectivity index (χ2n) is 8.44. The van der Waals surface area contributed by atoms with Crippen molar-refractivity contribution in [3.8, 4) is 0 Å². The van der Waals surface area contributed by atoms with Gasteiger partial charge >= 0.3 is 6.03 Å². The molecule has 160 valence electrons. The van der Waals surface area contributed by atoms with Gasteiger partial charge in [0, 0.05) is 31.9 Å². The van der Waals surface area contributed by atoms with Crippen LogP contribution in [0.4, 0.5) is 10.5 Å². The Bertz CT molecular complexity index is 1040. The van der Waals surface area contributed by atoms with Gasteiger partial charge in [0.25, 0.3) is 0 Å². The van der Waals surface area contributed by atoms with Crippen LogP contribution in [0.25, 0.3) is 0 Å². The smallest absolute Gasteiger partial charge is 0.321 e. The van der Waals surface area contributed by atoms with Crippen LogP contribution in [0.3, 0.4) is 0 Å². The number of carbonyl (C=O) groups is 1. The first kappa shape index (κ1) is 21.1. The lowest BCUT2D eigenvalue weighted by Gasteiger charge is -2.40. The van der Waals surface area contributed by atoms with Crippen molar-refractivity contribution in [3.63, 3.8) is 0 Å². The molecule has 1 aliphatic heterocycles. The summed E-state index contributed by atoms with van der Waals surface area (Å²) in [6.45, 7) is 9.47. The Morgan fingerprint density at radius 3 is 2.19 bits per heavy atom. The molecular weight excluding hydrogens is 382 g/mol. The normalized spacial score (nSPS) is 15.5. The van der Waals surface area contributed by atoms with Crippen molar-refractivity contribution >= 4 is 11.7 Å². The molecule has 4 heteroatoms. The van der Waals surface area contributed by atoms with E-state index in [4.69, 9.17) is 0 Å². The summed E-state index contributed by atoms with van der Waals surface area (Å²) >= 11 is 0. The fourth-order valence-corrected chi connectivity index (χ4v) is 4.37. The van der Waals surface area contributed by atoms with Gasteiger partial charge in [-0.1, -0.05) is 72.3 Å². The lowest BCUT2D eigenvalue weighted by Crippen LogP contribution is -2.51. The molecule has 31 heavy (non-hydrogen) atoms. The number of anilines is 1. The molecule has 0 aliphatic carbocycles.